The zero-order valence-corrected chi connectivity index (χ0v) is 45.7. The number of ether oxygens (including phenoxy) is 1. The number of carbonyl (C=O) groups is 5. The number of amides is 5. The van der Waals surface area contributed by atoms with Gasteiger partial charge in [0.25, 0.3) is 5.91 Å². The van der Waals surface area contributed by atoms with E-state index in [1.54, 1.807) is 23.5 Å². The molecule has 78 heavy (non-hydrogen) atoms. The fraction of sp³-hybridized carbons (Fsp3) is 0.509. The summed E-state index contributed by atoms with van der Waals surface area (Å²) in [7, 11) is 1.81. The Kier molecular flexibility index (Phi) is 19.0. The fourth-order valence-corrected chi connectivity index (χ4v) is 11.1. The highest BCUT2D eigenvalue weighted by Gasteiger charge is 2.39. The topological polar surface area (TPSA) is 239 Å². The molecule has 0 saturated carbocycles. The van der Waals surface area contributed by atoms with E-state index in [2.05, 4.69) is 75.0 Å². The van der Waals surface area contributed by atoms with Crippen LogP contribution in [0.1, 0.15) is 79.5 Å². The highest BCUT2D eigenvalue weighted by Crippen LogP contribution is 2.30. The summed E-state index contributed by atoms with van der Waals surface area (Å²) in [6, 6.07) is 19.2. The number of piperidine rings is 3. The normalized spacial score (nSPS) is 18.9. The molecule has 0 bridgehead atoms. The number of halogens is 1. The number of fused-ring (bicyclic) bond motifs is 1. The molecule has 2 aromatic carbocycles. The lowest BCUT2D eigenvalue weighted by atomic mass is 9.87. The third-order valence-corrected chi connectivity index (χ3v) is 16.2. The van der Waals surface area contributed by atoms with Gasteiger partial charge in [0.2, 0.25) is 23.6 Å². The molecule has 0 spiro atoms. The molecule has 3 aromatic heterocycles. The van der Waals surface area contributed by atoms with Crippen LogP contribution < -0.4 is 31.9 Å². The number of rotatable bonds is 21. The summed E-state index contributed by atoms with van der Waals surface area (Å²) in [5.41, 5.74) is 10.9. The average Bonchev–Trinajstić information content (AvgIpc) is 3.99. The van der Waals surface area contributed by atoms with Crippen molar-refractivity contribution in [1.82, 2.24) is 55.5 Å². The molecule has 4 saturated heterocycles. The number of nitrogens with one attached hydrogen (secondary N) is 5. The van der Waals surface area contributed by atoms with Crippen molar-refractivity contribution >= 4 is 63.7 Å². The number of likely N-dealkylation sites (tertiary alicyclic amines) is 2. The predicted molar refractivity (Wildman–Crippen MR) is 301 cm³/mol. The van der Waals surface area contributed by atoms with Crippen LogP contribution in [-0.4, -0.2) is 186 Å². The van der Waals surface area contributed by atoms with E-state index in [-0.39, 0.29) is 60.5 Å². The van der Waals surface area contributed by atoms with E-state index < -0.39 is 11.4 Å². The first kappa shape index (κ1) is 56.2. The van der Waals surface area contributed by atoms with Crippen molar-refractivity contribution in [3.63, 3.8) is 0 Å². The molecule has 7 heterocycles. The molecule has 21 heteroatoms. The summed E-state index contributed by atoms with van der Waals surface area (Å²) in [5, 5.41) is 13.9. The number of hydrogen-bond acceptors (Lipinski definition) is 14. The molecule has 9 rings (SSSR count). The summed E-state index contributed by atoms with van der Waals surface area (Å²) in [5.74, 6) is 0.329. The second-order valence-corrected chi connectivity index (χ2v) is 21.7. The maximum Gasteiger partial charge on any atom is 0.272 e. The Hall–Kier alpha value is -6.55. The van der Waals surface area contributed by atoms with Crippen molar-refractivity contribution in [3.05, 3.63) is 101 Å². The van der Waals surface area contributed by atoms with Gasteiger partial charge in [0.15, 0.2) is 5.69 Å². The molecule has 2 atom stereocenters. The van der Waals surface area contributed by atoms with Crippen LogP contribution >= 0.6 is 11.6 Å². The van der Waals surface area contributed by atoms with E-state index >= 15 is 0 Å². The Bertz CT molecular complexity index is 2860. The minimum Gasteiger partial charge on any atom is -0.376 e. The van der Waals surface area contributed by atoms with Gasteiger partial charge in [-0.2, -0.15) is 0 Å². The fourth-order valence-electron chi connectivity index (χ4n) is 10.9. The Morgan fingerprint density at radius 2 is 1.68 bits per heavy atom. The zero-order chi connectivity index (χ0) is 54.6. The number of benzene rings is 2. The van der Waals surface area contributed by atoms with Crippen molar-refractivity contribution in [2.24, 2.45) is 11.7 Å². The smallest absolute Gasteiger partial charge is 0.272 e. The van der Waals surface area contributed by atoms with E-state index in [1.807, 2.05) is 60.6 Å². The first-order valence-electron chi connectivity index (χ1n) is 27.6. The van der Waals surface area contributed by atoms with Gasteiger partial charge in [-0.15, -0.1) is 0 Å². The summed E-state index contributed by atoms with van der Waals surface area (Å²) in [6.07, 6.45) is 10.4. The number of aryl methyl sites for hydroxylation is 1. The minimum atomic E-state index is -1.03. The Morgan fingerprint density at radius 3 is 2.44 bits per heavy atom. The van der Waals surface area contributed by atoms with Gasteiger partial charge in [-0.3, -0.25) is 33.8 Å². The van der Waals surface area contributed by atoms with Crippen LogP contribution in [0.2, 0.25) is 5.02 Å². The zero-order valence-electron chi connectivity index (χ0n) is 45.0. The number of carbonyl (C=O) groups excluding carboxylic acids is 5. The quantitative estimate of drug-likeness (QED) is 0.0565. The molecule has 4 aliphatic rings. The first-order chi connectivity index (χ1) is 37.8. The van der Waals surface area contributed by atoms with Crippen molar-refractivity contribution in [2.45, 2.75) is 76.0 Å². The number of H-pyrrole nitrogens is 1. The number of pyridine rings is 1. The van der Waals surface area contributed by atoms with E-state index in [0.29, 0.717) is 88.8 Å². The summed E-state index contributed by atoms with van der Waals surface area (Å²) in [4.78, 5) is 93.5. The maximum atomic E-state index is 14.0. The molecule has 416 valence electrons. The number of aromatic nitrogens is 4. The van der Waals surface area contributed by atoms with Crippen molar-refractivity contribution in [1.29, 1.82) is 0 Å². The molecule has 20 nitrogen and oxygen atoms in total. The van der Waals surface area contributed by atoms with Gasteiger partial charge in [0.1, 0.15) is 17.8 Å². The molecule has 0 radical (unpaired) electrons. The van der Waals surface area contributed by atoms with E-state index in [9.17, 15) is 24.0 Å². The van der Waals surface area contributed by atoms with Crippen molar-refractivity contribution in [3.8, 4) is 11.1 Å². The molecule has 0 aliphatic carbocycles. The highest BCUT2D eigenvalue weighted by molar-refractivity contribution is 6.30. The number of aromatic amines is 1. The van der Waals surface area contributed by atoms with Gasteiger partial charge in [0, 0.05) is 108 Å². The Morgan fingerprint density at radius 1 is 0.897 bits per heavy atom. The lowest BCUT2D eigenvalue weighted by Gasteiger charge is -2.40. The minimum absolute atomic E-state index is 0.000504. The molecular weight excluding hydrogens is 1010 g/mol. The third-order valence-electron chi connectivity index (χ3n) is 15.9. The van der Waals surface area contributed by atoms with Gasteiger partial charge in [-0.1, -0.05) is 54.9 Å². The first-order valence-corrected chi connectivity index (χ1v) is 28.0. The largest absolute Gasteiger partial charge is 0.376 e. The monoisotopic (exact) mass is 1090 g/mol. The van der Waals surface area contributed by atoms with Crippen LogP contribution in [0.25, 0.3) is 22.2 Å². The van der Waals surface area contributed by atoms with Crippen LogP contribution in [0, 0.1) is 5.92 Å². The highest BCUT2D eigenvalue weighted by atomic mass is 35.5. The molecule has 7 N–H and O–H groups in total. The van der Waals surface area contributed by atoms with Gasteiger partial charge in [0.05, 0.1) is 48.5 Å². The van der Waals surface area contributed by atoms with Crippen molar-refractivity contribution < 1.29 is 28.7 Å². The lowest BCUT2D eigenvalue weighted by Crippen LogP contribution is -2.60. The van der Waals surface area contributed by atoms with Gasteiger partial charge < -0.3 is 51.4 Å². The van der Waals surface area contributed by atoms with Gasteiger partial charge >= 0.3 is 0 Å². The number of nitrogens with two attached hydrogens (primary N) is 1. The van der Waals surface area contributed by atoms with E-state index in [0.717, 1.165) is 97.5 Å². The second-order valence-electron chi connectivity index (χ2n) is 21.3. The number of piperazine rings is 1. The van der Waals surface area contributed by atoms with Crippen LogP contribution in [0.5, 0.6) is 0 Å². The lowest BCUT2D eigenvalue weighted by molar-refractivity contribution is -0.135. The molecule has 5 aromatic rings. The standard InChI is InChI=1S/C57H75ClN14O6/c1-3-39-5-4-6-42(31-39)43-33-48(66-49(73)36-60-34-40-12-20-68(2)50(74)32-40)52(63-35-43)55(76)62-19-30-78-45-13-21-70(22-14-45)37-51(75)71-28-26-69(27-29-71)23-15-47(41-7-9-44(58)10-8-41)67-56(77)57(59)16-24-72(25-17-57)54-46-11-18-61-53(46)64-38-65-54/h4-11,18,31,33,35,38,40,45,47,60H,3,12-17,19-30,32,34,36-37,59H2,1-2H3,(H,62,76)(H,66,73)(H,67,77)(H,61,64,65). The SMILES string of the molecule is CCc1cccc(-c2cnc(C(=O)NCCOC3CCN(CC(=O)N4CCN(CCC(NC(=O)C5(N)CCN(c6ncnc7[nH]ccc67)CC5)c5ccc(Cl)cc5)CC4)CC3)c(NC(=O)CNCC3CCN(C)C(=O)C3)c2)c1. The van der Waals surface area contributed by atoms with Crippen LogP contribution in [0.4, 0.5) is 11.5 Å². The number of anilines is 2. The number of nitrogens with zero attached hydrogens (tertiary/aromatic N) is 8. The van der Waals surface area contributed by atoms with Crippen LogP contribution in [-0.2, 0) is 30.3 Å². The van der Waals surface area contributed by atoms with E-state index in [4.69, 9.17) is 22.1 Å². The number of hydrogen-bond donors (Lipinski definition) is 6. The summed E-state index contributed by atoms with van der Waals surface area (Å²) < 4.78 is 6.20. The third kappa shape index (κ3) is 14.6. The molecule has 4 fully saturated rings. The van der Waals surface area contributed by atoms with Gasteiger partial charge in [-0.05, 0) is 98.4 Å². The van der Waals surface area contributed by atoms with Crippen molar-refractivity contribution in [2.75, 3.05) is 115 Å². The Balaban J connectivity index is 0.686. The maximum absolute atomic E-state index is 14.0. The second kappa shape index (κ2) is 26.4. The Labute approximate surface area is 461 Å². The molecule has 4 aliphatic heterocycles. The van der Waals surface area contributed by atoms with Crippen LogP contribution in [0.3, 0.4) is 0 Å². The summed E-state index contributed by atoms with van der Waals surface area (Å²) >= 11 is 6.27. The van der Waals surface area contributed by atoms with Crippen LogP contribution in [0.15, 0.2) is 79.4 Å². The molecule has 5 amide bonds. The van der Waals surface area contributed by atoms with E-state index in [1.165, 1.54) is 0 Å². The van der Waals surface area contributed by atoms with Gasteiger partial charge in [-0.25, -0.2) is 15.0 Å². The summed E-state index contributed by atoms with van der Waals surface area (Å²) in [6.45, 7) is 10.4. The predicted octanol–water partition coefficient (Wildman–Crippen LogP) is 4.23. The average molecular weight is 1090 g/mol. The molecule has 2 unspecified atom stereocenters. The molecular formula is C57H75ClN14O6.